The SMILES string of the molecule is CNCC(=Cc1cncc(N)c1N)B1OC(C)(C)C(C)(C)O1. The number of aromatic nitrogens is 1. The molecule has 1 aliphatic rings. The van der Waals surface area contributed by atoms with Crippen LogP contribution in [0.2, 0.25) is 0 Å². The van der Waals surface area contributed by atoms with Crippen LogP contribution in [0, 0.1) is 0 Å². The highest BCUT2D eigenvalue weighted by Gasteiger charge is 2.52. The minimum absolute atomic E-state index is 0.385. The third kappa shape index (κ3) is 3.11. The van der Waals surface area contributed by atoms with E-state index in [1.807, 2.05) is 40.8 Å². The molecule has 5 N–H and O–H groups in total. The zero-order chi connectivity index (χ0) is 16.5. The van der Waals surface area contributed by atoms with Gasteiger partial charge in [-0.15, -0.1) is 0 Å². The molecular formula is C15H25BN4O2. The summed E-state index contributed by atoms with van der Waals surface area (Å²) in [7, 11) is 1.44. The third-order valence-electron chi connectivity index (χ3n) is 4.33. The average Bonchev–Trinajstić information content (AvgIpc) is 2.63. The minimum Gasteiger partial charge on any atom is -0.400 e. The molecule has 0 amide bonds. The van der Waals surface area contributed by atoms with E-state index < -0.39 is 7.12 Å². The first kappa shape index (κ1) is 16.8. The molecule has 0 radical (unpaired) electrons. The summed E-state index contributed by atoms with van der Waals surface area (Å²) in [6, 6.07) is 0. The van der Waals surface area contributed by atoms with E-state index in [4.69, 9.17) is 20.8 Å². The Morgan fingerprint density at radius 3 is 2.36 bits per heavy atom. The lowest BCUT2D eigenvalue weighted by Crippen LogP contribution is -2.41. The molecule has 0 atom stereocenters. The van der Waals surface area contributed by atoms with E-state index in [1.165, 1.54) is 0 Å². The number of nitrogen functional groups attached to an aromatic ring is 2. The molecule has 1 fully saturated rings. The highest BCUT2D eigenvalue weighted by molar-refractivity contribution is 6.56. The van der Waals surface area contributed by atoms with Gasteiger partial charge in [-0.05, 0) is 40.2 Å². The zero-order valence-corrected chi connectivity index (χ0v) is 13.9. The first-order chi connectivity index (χ1) is 10.2. The standard InChI is InChI=1S/C15H25BN4O2/c1-14(2)15(3,4)22-16(21-14)11(8-19-5)6-10-7-20-9-12(17)13(10)18/h6-7,9,19H,8,17H2,1-5H3,(H2,18,20). The van der Waals surface area contributed by atoms with Crippen molar-refractivity contribution in [1.29, 1.82) is 0 Å². The number of nitrogens with one attached hydrogen (secondary N) is 1. The van der Waals surface area contributed by atoms with Crippen molar-refractivity contribution in [3.63, 3.8) is 0 Å². The van der Waals surface area contributed by atoms with Crippen molar-refractivity contribution in [3.8, 4) is 0 Å². The number of rotatable bonds is 4. The number of nitrogens with zero attached hydrogens (tertiary/aromatic N) is 1. The van der Waals surface area contributed by atoms with Crippen LogP contribution in [0.15, 0.2) is 17.9 Å². The molecular weight excluding hydrogens is 279 g/mol. The van der Waals surface area contributed by atoms with Crippen LogP contribution in [-0.2, 0) is 9.31 Å². The highest BCUT2D eigenvalue weighted by Crippen LogP contribution is 2.39. The molecule has 7 heteroatoms. The molecule has 0 saturated carbocycles. The van der Waals surface area contributed by atoms with Crippen LogP contribution in [0.1, 0.15) is 33.3 Å². The number of likely N-dealkylation sites (N-methyl/N-ethyl adjacent to an activating group) is 1. The van der Waals surface area contributed by atoms with Gasteiger partial charge in [0, 0.05) is 18.3 Å². The van der Waals surface area contributed by atoms with Gasteiger partial charge in [0.2, 0.25) is 0 Å². The molecule has 0 spiro atoms. The molecule has 6 nitrogen and oxygen atoms in total. The van der Waals surface area contributed by atoms with Crippen LogP contribution in [0.5, 0.6) is 0 Å². The fourth-order valence-electron chi connectivity index (χ4n) is 2.22. The van der Waals surface area contributed by atoms with Gasteiger partial charge in [-0.25, -0.2) is 0 Å². The molecule has 2 rings (SSSR count). The largest absolute Gasteiger partial charge is 0.491 e. The molecule has 120 valence electrons. The van der Waals surface area contributed by atoms with E-state index in [0.29, 0.717) is 17.9 Å². The molecule has 22 heavy (non-hydrogen) atoms. The number of anilines is 2. The third-order valence-corrected chi connectivity index (χ3v) is 4.33. The Labute approximate surface area is 132 Å². The Morgan fingerprint density at radius 2 is 1.82 bits per heavy atom. The van der Waals surface area contributed by atoms with Crippen molar-refractivity contribution in [1.82, 2.24) is 10.3 Å². The monoisotopic (exact) mass is 304 g/mol. The summed E-state index contributed by atoms with van der Waals surface area (Å²) in [6.45, 7) is 8.73. The van der Waals surface area contributed by atoms with Gasteiger partial charge in [-0.2, -0.15) is 0 Å². The maximum atomic E-state index is 6.10. The summed E-state index contributed by atoms with van der Waals surface area (Å²) in [5.41, 5.74) is 13.8. The van der Waals surface area contributed by atoms with E-state index >= 15 is 0 Å². The second-order valence-corrected chi connectivity index (χ2v) is 6.57. The molecule has 0 aromatic carbocycles. The van der Waals surface area contributed by atoms with Gasteiger partial charge < -0.3 is 26.1 Å². The second kappa shape index (κ2) is 5.91. The predicted octanol–water partition coefficient (Wildman–Crippen LogP) is 1.48. The lowest BCUT2D eigenvalue weighted by molar-refractivity contribution is 0.00578. The molecule has 1 aromatic heterocycles. The maximum Gasteiger partial charge on any atom is 0.491 e. The summed E-state index contributed by atoms with van der Waals surface area (Å²) in [4.78, 5) is 4.09. The van der Waals surface area contributed by atoms with Crippen molar-refractivity contribution in [3.05, 3.63) is 23.4 Å². The summed E-state index contributed by atoms with van der Waals surface area (Å²) in [6.07, 6.45) is 5.16. The van der Waals surface area contributed by atoms with E-state index in [1.54, 1.807) is 12.4 Å². The Morgan fingerprint density at radius 1 is 1.23 bits per heavy atom. The average molecular weight is 304 g/mol. The summed E-state index contributed by atoms with van der Waals surface area (Å²) in [5.74, 6) is 0. The van der Waals surface area contributed by atoms with Crippen LogP contribution < -0.4 is 16.8 Å². The summed E-state index contributed by atoms with van der Waals surface area (Å²) < 4.78 is 12.2. The number of hydrogen-bond acceptors (Lipinski definition) is 6. The summed E-state index contributed by atoms with van der Waals surface area (Å²) in [5, 5.41) is 3.13. The first-order valence-electron chi connectivity index (χ1n) is 7.37. The van der Waals surface area contributed by atoms with Gasteiger partial charge >= 0.3 is 7.12 Å². The Bertz CT molecular complexity index is 571. The fraction of sp³-hybridized carbons (Fsp3) is 0.533. The van der Waals surface area contributed by atoms with E-state index in [-0.39, 0.29) is 11.2 Å². The van der Waals surface area contributed by atoms with E-state index in [2.05, 4.69) is 10.3 Å². The maximum absolute atomic E-state index is 6.10. The molecule has 1 saturated heterocycles. The predicted molar refractivity (Wildman–Crippen MR) is 91.0 cm³/mol. The number of pyridine rings is 1. The number of nitrogens with two attached hydrogens (primary N) is 2. The van der Waals surface area contributed by atoms with Crippen molar-refractivity contribution in [2.45, 2.75) is 38.9 Å². The van der Waals surface area contributed by atoms with Crippen LogP contribution in [0.4, 0.5) is 11.4 Å². The minimum atomic E-state index is -0.432. The van der Waals surface area contributed by atoms with Gasteiger partial charge in [0.25, 0.3) is 0 Å². The molecule has 2 heterocycles. The van der Waals surface area contributed by atoms with Crippen molar-refractivity contribution < 1.29 is 9.31 Å². The lowest BCUT2D eigenvalue weighted by Gasteiger charge is -2.32. The van der Waals surface area contributed by atoms with Gasteiger partial charge in [0.1, 0.15) is 0 Å². The van der Waals surface area contributed by atoms with Crippen molar-refractivity contribution >= 4 is 24.6 Å². The van der Waals surface area contributed by atoms with Crippen LogP contribution in [-0.4, -0.2) is 36.9 Å². The highest BCUT2D eigenvalue weighted by atomic mass is 16.7. The van der Waals surface area contributed by atoms with Crippen LogP contribution >= 0.6 is 0 Å². The summed E-state index contributed by atoms with van der Waals surface area (Å²) >= 11 is 0. The molecule has 1 aromatic rings. The van der Waals surface area contributed by atoms with Gasteiger partial charge in [0.05, 0.1) is 28.8 Å². The van der Waals surface area contributed by atoms with E-state index in [9.17, 15) is 0 Å². The smallest absolute Gasteiger partial charge is 0.400 e. The normalized spacial score (nSPS) is 20.4. The second-order valence-electron chi connectivity index (χ2n) is 6.57. The van der Waals surface area contributed by atoms with Crippen LogP contribution in [0.25, 0.3) is 6.08 Å². The molecule has 0 bridgehead atoms. The first-order valence-corrected chi connectivity index (χ1v) is 7.37. The Hall–Kier alpha value is -1.57. The van der Waals surface area contributed by atoms with Gasteiger partial charge in [0.15, 0.2) is 0 Å². The zero-order valence-electron chi connectivity index (χ0n) is 13.9. The topological polar surface area (TPSA) is 95.4 Å². The fourth-order valence-corrected chi connectivity index (χ4v) is 2.22. The molecule has 1 aliphatic heterocycles. The van der Waals surface area contributed by atoms with E-state index in [0.717, 1.165) is 11.0 Å². The Kier molecular flexibility index (Phi) is 4.51. The van der Waals surface area contributed by atoms with Crippen molar-refractivity contribution in [2.75, 3.05) is 25.1 Å². The quantitative estimate of drug-likeness (QED) is 0.729. The number of hydrogen-bond donors (Lipinski definition) is 3. The van der Waals surface area contributed by atoms with Gasteiger partial charge in [-0.3, -0.25) is 4.98 Å². The van der Waals surface area contributed by atoms with Crippen molar-refractivity contribution in [2.24, 2.45) is 0 Å². The molecule has 0 unspecified atom stereocenters. The van der Waals surface area contributed by atoms with Crippen LogP contribution in [0.3, 0.4) is 0 Å². The Balaban J connectivity index is 2.35. The lowest BCUT2D eigenvalue weighted by atomic mass is 9.77. The molecule has 0 aliphatic carbocycles. The van der Waals surface area contributed by atoms with Gasteiger partial charge in [-0.1, -0.05) is 6.08 Å².